The van der Waals surface area contributed by atoms with E-state index in [4.69, 9.17) is 4.74 Å². The number of esters is 1. The first-order valence-corrected chi connectivity index (χ1v) is 4.32. The van der Waals surface area contributed by atoms with Crippen molar-refractivity contribution in [2.75, 3.05) is 13.2 Å². The van der Waals surface area contributed by atoms with Gasteiger partial charge >= 0.3 is 5.97 Å². The summed E-state index contributed by atoms with van der Waals surface area (Å²) >= 11 is 0. The zero-order valence-corrected chi connectivity index (χ0v) is 7.12. The van der Waals surface area contributed by atoms with Crippen LogP contribution in [0.15, 0.2) is 12.3 Å². The second-order valence-electron chi connectivity index (χ2n) is 2.74. The number of cyclic esters (lactones) is 1. The predicted octanol–water partition coefficient (Wildman–Crippen LogP) is 1.63. The first kappa shape index (κ1) is 9.26. The van der Waals surface area contributed by atoms with Crippen molar-refractivity contribution < 1.29 is 14.3 Å². The third-order valence-electron chi connectivity index (χ3n) is 1.66. The standard InChI is InChI=1S/C5H10O.C4H4O2/c1-2-4-6-5-3-1;5-4-2-1-3-6-4/h1-5H2;1,3H,2H2. The lowest BCUT2D eigenvalue weighted by atomic mass is 10.2. The van der Waals surface area contributed by atoms with Crippen molar-refractivity contribution >= 4 is 5.97 Å². The van der Waals surface area contributed by atoms with Crippen LogP contribution < -0.4 is 0 Å². The van der Waals surface area contributed by atoms with Gasteiger partial charge in [0.05, 0.1) is 12.7 Å². The fourth-order valence-electron chi connectivity index (χ4n) is 1.00. The van der Waals surface area contributed by atoms with Gasteiger partial charge in [-0.15, -0.1) is 0 Å². The van der Waals surface area contributed by atoms with E-state index >= 15 is 0 Å². The Kier molecular flexibility index (Phi) is 4.46. The second kappa shape index (κ2) is 5.77. The van der Waals surface area contributed by atoms with E-state index in [9.17, 15) is 4.79 Å². The van der Waals surface area contributed by atoms with Crippen LogP contribution in [0, 0.1) is 0 Å². The maximum absolute atomic E-state index is 9.96. The molecule has 1 fully saturated rings. The van der Waals surface area contributed by atoms with Gasteiger partial charge in [-0.25, -0.2) is 0 Å². The van der Waals surface area contributed by atoms with Gasteiger partial charge in [0, 0.05) is 13.2 Å². The molecular weight excluding hydrogens is 156 g/mol. The average molecular weight is 170 g/mol. The summed E-state index contributed by atoms with van der Waals surface area (Å²) in [5.41, 5.74) is 0. The molecule has 0 aromatic heterocycles. The molecular formula is C9H14O3. The summed E-state index contributed by atoms with van der Waals surface area (Å²) < 4.78 is 9.40. The molecule has 68 valence electrons. The maximum atomic E-state index is 9.96. The van der Waals surface area contributed by atoms with Crippen LogP contribution in [0.5, 0.6) is 0 Å². The lowest BCUT2D eigenvalue weighted by Gasteiger charge is -2.08. The smallest absolute Gasteiger partial charge is 0.314 e. The van der Waals surface area contributed by atoms with Crippen molar-refractivity contribution in [3.63, 3.8) is 0 Å². The first-order valence-electron chi connectivity index (χ1n) is 4.32. The minimum absolute atomic E-state index is 0.157. The Labute approximate surface area is 72.4 Å². The molecule has 0 spiro atoms. The van der Waals surface area contributed by atoms with E-state index in [-0.39, 0.29) is 5.97 Å². The Bertz CT molecular complexity index is 138. The predicted molar refractivity (Wildman–Crippen MR) is 44.5 cm³/mol. The van der Waals surface area contributed by atoms with Crippen LogP contribution in [0.2, 0.25) is 0 Å². The van der Waals surface area contributed by atoms with E-state index in [0.717, 1.165) is 13.2 Å². The topological polar surface area (TPSA) is 35.5 Å². The molecule has 2 heterocycles. The normalized spacial score (nSPS) is 21.2. The van der Waals surface area contributed by atoms with E-state index in [0.29, 0.717) is 6.42 Å². The fourth-order valence-corrected chi connectivity index (χ4v) is 1.00. The summed E-state index contributed by atoms with van der Waals surface area (Å²) in [6.07, 6.45) is 7.46. The van der Waals surface area contributed by atoms with E-state index in [1.165, 1.54) is 25.5 Å². The van der Waals surface area contributed by atoms with Gasteiger partial charge in [-0.05, 0) is 25.3 Å². The van der Waals surface area contributed by atoms with Crippen molar-refractivity contribution in [3.8, 4) is 0 Å². The molecule has 2 rings (SSSR count). The Morgan fingerprint density at radius 2 is 1.92 bits per heavy atom. The van der Waals surface area contributed by atoms with Gasteiger partial charge in [-0.1, -0.05) is 0 Å². The molecule has 0 atom stereocenters. The van der Waals surface area contributed by atoms with Gasteiger partial charge in [0.2, 0.25) is 0 Å². The van der Waals surface area contributed by atoms with E-state index in [1.807, 2.05) is 0 Å². The lowest BCUT2D eigenvalue weighted by Crippen LogP contribution is -2.03. The summed E-state index contributed by atoms with van der Waals surface area (Å²) in [5, 5.41) is 0. The number of hydrogen-bond acceptors (Lipinski definition) is 3. The fraction of sp³-hybridized carbons (Fsp3) is 0.667. The number of carbonyl (C=O) groups excluding carboxylic acids is 1. The molecule has 12 heavy (non-hydrogen) atoms. The number of ether oxygens (including phenoxy) is 2. The zero-order valence-electron chi connectivity index (χ0n) is 7.12. The molecule has 3 heteroatoms. The van der Waals surface area contributed by atoms with Crippen LogP contribution in [-0.4, -0.2) is 19.2 Å². The highest BCUT2D eigenvalue weighted by molar-refractivity contribution is 5.73. The van der Waals surface area contributed by atoms with Crippen molar-refractivity contribution in [3.05, 3.63) is 12.3 Å². The molecule has 0 aromatic carbocycles. The van der Waals surface area contributed by atoms with Crippen molar-refractivity contribution in [1.29, 1.82) is 0 Å². The quantitative estimate of drug-likeness (QED) is 0.518. The Morgan fingerprint density at radius 3 is 2.08 bits per heavy atom. The molecule has 2 aliphatic heterocycles. The van der Waals surface area contributed by atoms with E-state index < -0.39 is 0 Å². The van der Waals surface area contributed by atoms with Crippen LogP contribution in [-0.2, 0) is 14.3 Å². The Morgan fingerprint density at radius 1 is 1.17 bits per heavy atom. The minimum atomic E-state index is -0.157. The Hall–Kier alpha value is -0.830. The highest BCUT2D eigenvalue weighted by Crippen LogP contribution is 2.02. The summed E-state index contributed by atoms with van der Waals surface area (Å²) in [5.74, 6) is -0.157. The highest BCUT2D eigenvalue weighted by atomic mass is 16.5. The molecule has 1 saturated heterocycles. The van der Waals surface area contributed by atoms with E-state index in [1.54, 1.807) is 6.08 Å². The largest absolute Gasteiger partial charge is 0.435 e. The molecule has 0 aliphatic carbocycles. The second-order valence-corrected chi connectivity index (χ2v) is 2.74. The van der Waals surface area contributed by atoms with Gasteiger partial charge in [0.25, 0.3) is 0 Å². The molecule has 0 radical (unpaired) electrons. The van der Waals surface area contributed by atoms with Crippen molar-refractivity contribution in [1.82, 2.24) is 0 Å². The summed E-state index contributed by atoms with van der Waals surface area (Å²) in [6.45, 7) is 2.00. The molecule has 0 amide bonds. The molecule has 2 aliphatic rings. The number of rotatable bonds is 0. The van der Waals surface area contributed by atoms with Gasteiger partial charge < -0.3 is 9.47 Å². The summed E-state index contributed by atoms with van der Waals surface area (Å²) in [7, 11) is 0. The molecule has 0 aromatic rings. The van der Waals surface area contributed by atoms with Gasteiger partial charge in [0.1, 0.15) is 0 Å². The summed E-state index contributed by atoms with van der Waals surface area (Å²) in [6, 6.07) is 0. The van der Waals surface area contributed by atoms with Crippen molar-refractivity contribution in [2.45, 2.75) is 25.7 Å². The zero-order chi connectivity index (χ0) is 8.65. The van der Waals surface area contributed by atoms with Crippen LogP contribution in [0.4, 0.5) is 0 Å². The van der Waals surface area contributed by atoms with Crippen LogP contribution in [0.3, 0.4) is 0 Å². The molecule has 0 unspecified atom stereocenters. The lowest BCUT2D eigenvalue weighted by molar-refractivity contribution is -0.135. The van der Waals surface area contributed by atoms with Gasteiger partial charge in [0.15, 0.2) is 0 Å². The van der Waals surface area contributed by atoms with E-state index in [2.05, 4.69) is 4.74 Å². The number of hydrogen-bond donors (Lipinski definition) is 0. The monoisotopic (exact) mass is 170 g/mol. The SMILES string of the molecule is C1CCOCC1.O=C1CC=CO1. The van der Waals surface area contributed by atoms with Crippen molar-refractivity contribution in [2.24, 2.45) is 0 Å². The minimum Gasteiger partial charge on any atom is -0.435 e. The van der Waals surface area contributed by atoms with Gasteiger partial charge in [-0.2, -0.15) is 0 Å². The summed E-state index contributed by atoms with van der Waals surface area (Å²) in [4.78, 5) is 9.96. The maximum Gasteiger partial charge on any atom is 0.314 e. The third kappa shape index (κ3) is 4.13. The third-order valence-corrected chi connectivity index (χ3v) is 1.66. The molecule has 3 nitrogen and oxygen atoms in total. The van der Waals surface area contributed by atoms with Crippen LogP contribution in [0.25, 0.3) is 0 Å². The number of carbonyl (C=O) groups is 1. The molecule has 0 saturated carbocycles. The highest BCUT2D eigenvalue weighted by Gasteiger charge is 2.00. The average Bonchev–Trinajstić information content (AvgIpc) is 2.60. The van der Waals surface area contributed by atoms with Crippen LogP contribution >= 0.6 is 0 Å². The first-order chi connectivity index (χ1) is 5.89. The Balaban J connectivity index is 0.000000120. The van der Waals surface area contributed by atoms with Crippen LogP contribution in [0.1, 0.15) is 25.7 Å². The van der Waals surface area contributed by atoms with Gasteiger partial charge in [-0.3, -0.25) is 4.79 Å². The molecule has 0 N–H and O–H groups in total. The molecule has 0 bridgehead atoms.